The van der Waals surface area contributed by atoms with Crippen molar-refractivity contribution in [2.24, 2.45) is 17.8 Å². The first-order valence-corrected chi connectivity index (χ1v) is 12.0. The van der Waals surface area contributed by atoms with E-state index in [2.05, 4.69) is 32.7 Å². The van der Waals surface area contributed by atoms with Gasteiger partial charge in [-0.1, -0.05) is 36.4 Å². The summed E-state index contributed by atoms with van der Waals surface area (Å²) in [6.07, 6.45) is 9.02. The van der Waals surface area contributed by atoms with Gasteiger partial charge in [0, 0.05) is 24.2 Å². The molecule has 2 aromatic heterocycles. The highest BCUT2D eigenvalue weighted by atomic mass is 32.2. The Bertz CT molecular complexity index is 1030. The number of halogens is 1. The average molecular weight is 439 g/mol. The molecule has 31 heavy (non-hydrogen) atoms. The van der Waals surface area contributed by atoms with E-state index in [0.717, 1.165) is 34.1 Å². The average Bonchev–Trinajstić information content (AvgIpc) is 3.53. The summed E-state index contributed by atoms with van der Waals surface area (Å²) in [6.45, 7) is 2.49. The zero-order valence-electron chi connectivity index (χ0n) is 17.7. The van der Waals surface area contributed by atoms with Gasteiger partial charge in [-0.3, -0.25) is 9.55 Å². The van der Waals surface area contributed by atoms with E-state index in [-0.39, 0.29) is 18.2 Å². The molecule has 0 amide bonds. The molecule has 162 valence electrons. The standard InChI is InChI=1S/C24H27FN4OS/c1-16(20-12-17-8-9-19(20)11-17)29-23(14-30-22-7-3-2-6-21(22)25)27-28-24(29)31-15-18-5-4-10-26-13-18/h2-7,10,13,16-17,19-20H,8-9,11-12,14-15H2,1H3/t16-,17-,19-,20+/m0/s1. The van der Waals surface area contributed by atoms with E-state index in [1.807, 2.05) is 12.3 Å². The van der Waals surface area contributed by atoms with E-state index >= 15 is 0 Å². The lowest BCUT2D eigenvalue weighted by Crippen LogP contribution is -2.24. The number of rotatable bonds is 8. The molecule has 7 heteroatoms. The number of ether oxygens (including phenoxy) is 1. The monoisotopic (exact) mass is 438 g/mol. The third-order valence-electron chi connectivity index (χ3n) is 6.84. The van der Waals surface area contributed by atoms with E-state index in [4.69, 9.17) is 4.74 Å². The maximum atomic E-state index is 14.0. The molecule has 2 bridgehead atoms. The van der Waals surface area contributed by atoms with Crippen molar-refractivity contribution < 1.29 is 9.13 Å². The van der Waals surface area contributed by atoms with Crippen molar-refractivity contribution in [1.29, 1.82) is 0 Å². The smallest absolute Gasteiger partial charge is 0.191 e. The van der Waals surface area contributed by atoms with Crippen LogP contribution in [0.5, 0.6) is 5.75 Å². The lowest BCUT2D eigenvalue weighted by molar-refractivity contribution is 0.215. The van der Waals surface area contributed by atoms with Crippen LogP contribution in [0.25, 0.3) is 0 Å². The summed E-state index contributed by atoms with van der Waals surface area (Å²) in [5.74, 6) is 3.73. The van der Waals surface area contributed by atoms with Gasteiger partial charge in [-0.05, 0) is 67.7 Å². The molecule has 4 atom stereocenters. The minimum atomic E-state index is -0.360. The zero-order valence-corrected chi connectivity index (χ0v) is 18.5. The maximum absolute atomic E-state index is 14.0. The van der Waals surface area contributed by atoms with Gasteiger partial charge in [-0.2, -0.15) is 0 Å². The van der Waals surface area contributed by atoms with Gasteiger partial charge in [-0.25, -0.2) is 4.39 Å². The molecule has 0 aliphatic heterocycles. The second-order valence-electron chi connectivity index (χ2n) is 8.72. The number of aromatic nitrogens is 4. The van der Waals surface area contributed by atoms with E-state index in [1.54, 1.807) is 36.2 Å². The summed E-state index contributed by atoms with van der Waals surface area (Å²) in [5.41, 5.74) is 1.15. The Morgan fingerprint density at radius 1 is 1.16 bits per heavy atom. The number of para-hydroxylation sites is 1. The van der Waals surface area contributed by atoms with Crippen LogP contribution in [0.1, 0.15) is 50.0 Å². The lowest BCUT2D eigenvalue weighted by Gasteiger charge is -2.30. The minimum absolute atomic E-state index is 0.201. The fourth-order valence-corrected chi connectivity index (χ4v) is 6.30. The molecule has 1 aromatic carbocycles. The molecule has 2 fully saturated rings. The Balaban J connectivity index is 1.38. The van der Waals surface area contributed by atoms with Crippen LogP contribution in [0, 0.1) is 23.6 Å². The summed E-state index contributed by atoms with van der Waals surface area (Å²) < 4.78 is 22.1. The van der Waals surface area contributed by atoms with Crippen LogP contribution in [0.4, 0.5) is 4.39 Å². The van der Waals surface area contributed by atoms with Crippen molar-refractivity contribution in [2.45, 2.75) is 56.2 Å². The van der Waals surface area contributed by atoms with Gasteiger partial charge in [0.05, 0.1) is 0 Å². The molecule has 0 saturated heterocycles. The topological polar surface area (TPSA) is 52.8 Å². The highest BCUT2D eigenvalue weighted by molar-refractivity contribution is 7.98. The van der Waals surface area contributed by atoms with E-state index in [0.29, 0.717) is 12.0 Å². The first-order chi connectivity index (χ1) is 15.2. The molecule has 2 aliphatic rings. The molecule has 0 radical (unpaired) electrons. The van der Waals surface area contributed by atoms with Crippen molar-refractivity contribution in [2.75, 3.05) is 0 Å². The van der Waals surface area contributed by atoms with Gasteiger partial charge in [-0.15, -0.1) is 10.2 Å². The van der Waals surface area contributed by atoms with Crippen molar-refractivity contribution in [3.8, 4) is 5.75 Å². The SMILES string of the molecule is C[C@@H]([C@H]1C[C@H]2CC[C@H]1C2)n1c(COc2ccccc2F)nnc1SCc1cccnc1. The van der Waals surface area contributed by atoms with E-state index in [1.165, 1.54) is 31.7 Å². The van der Waals surface area contributed by atoms with Crippen molar-refractivity contribution in [3.63, 3.8) is 0 Å². The first-order valence-electron chi connectivity index (χ1n) is 11.0. The number of hydrogen-bond donors (Lipinski definition) is 0. The molecule has 5 nitrogen and oxygen atoms in total. The summed E-state index contributed by atoms with van der Waals surface area (Å²) >= 11 is 1.67. The summed E-state index contributed by atoms with van der Waals surface area (Å²) in [5, 5.41) is 9.85. The number of pyridine rings is 1. The van der Waals surface area contributed by atoms with Crippen LogP contribution in [0.3, 0.4) is 0 Å². The quantitative estimate of drug-likeness (QED) is 0.424. The molecule has 0 spiro atoms. The Morgan fingerprint density at radius 3 is 2.81 bits per heavy atom. The van der Waals surface area contributed by atoms with Gasteiger partial charge in [0.2, 0.25) is 0 Å². The van der Waals surface area contributed by atoms with E-state index in [9.17, 15) is 4.39 Å². The van der Waals surface area contributed by atoms with Crippen molar-refractivity contribution >= 4 is 11.8 Å². The van der Waals surface area contributed by atoms with E-state index < -0.39 is 0 Å². The molecular weight excluding hydrogens is 411 g/mol. The molecular formula is C24H27FN4OS. The Kier molecular flexibility index (Phi) is 5.94. The zero-order chi connectivity index (χ0) is 21.2. The first kappa shape index (κ1) is 20.5. The number of hydrogen-bond acceptors (Lipinski definition) is 5. The largest absolute Gasteiger partial charge is 0.483 e. The highest BCUT2D eigenvalue weighted by Crippen LogP contribution is 2.52. The predicted molar refractivity (Wildman–Crippen MR) is 118 cm³/mol. The second kappa shape index (κ2) is 8.99. The van der Waals surface area contributed by atoms with Gasteiger partial charge >= 0.3 is 0 Å². The summed E-state index contributed by atoms with van der Waals surface area (Å²) in [4.78, 5) is 4.21. The van der Waals surface area contributed by atoms with Crippen LogP contribution >= 0.6 is 11.8 Å². The number of benzene rings is 1. The van der Waals surface area contributed by atoms with Crippen LogP contribution in [-0.4, -0.2) is 19.7 Å². The summed E-state index contributed by atoms with van der Waals surface area (Å²) in [6, 6.07) is 10.8. The maximum Gasteiger partial charge on any atom is 0.191 e. The Labute approximate surface area is 186 Å². The minimum Gasteiger partial charge on any atom is -0.483 e. The van der Waals surface area contributed by atoms with Gasteiger partial charge < -0.3 is 4.74 Å². The molecule has 2 aliphatic carbocycles. The second-order valence-corrected chi connectivity index (χ2v) is 9.66. The number of nitrogens with zero attached hydrogens (tertiary/aromatic N) is 4. The highest BCUT2D eigenvalue weighted by Gasteiger charge is 2.43. The molecule has 3 aromatic rings. The molecule has 5 rings (SSSR count). The van der Waals surface area contributed by atoms with Crippen LogP contribution in [-0.2, 0) is 12.4 Å². The number of thioether (sulfide) groups is 1. The molecule has 2 heterocycles. The fourth-order valence-electron chi connectivity index (χ4n) is 5.33. The van der Waals surface area contributed by atoms with Gasteiger partial charge in [0.1, 0.15) is 6.61 Å². The Morgan fingerprint density at radius 2 is 2.06 bits per heavy atom. The Hall–Kier alpha value is -2.41. The van der Waals surface area contributed by atoms with Crippen molar-refractivity contribution in [1.82, 2.24) is 19.7 Å². The third-order valence-corrected chi connectivity index (χ3v) is 7.85. The molecule has 2 saturated carbocycles. The number of fused-ring (bicyclic) bond motifs is 2. The van der Waals surface area contributed by atoms with Gasteiger partial charge in [0.25, 0.3) is 0 Å². The normalized spacial score (nSPS) is 23.2. The third kappa shape index (κ3) is 4.33. The van der Waals surface area contributed by atoms with Crippen molar-refractivity contribution in [3.05, 3.63) is 66.0 Å². The predicted octanol–water partition coefficient (Wildman–Crippen LogP) is 5.68. The molecule has 0 unspecified atom stereocenters. The lowest BCUT2D eigenvalue weighted by atomic mass is 9.84. The van der Waals surface area contributed by atoms with Crippen LogP contribution < -0.4 is 4.74 Å². The molecule has 0 N–H and O–H groups in total. The van der Waals surface area contributed by atoms with Crippen LogP contribution in [0.2, 0.25) is 0 Å². The summed E-state index contributed by atoms with van der Waals surface area (Å²) in [7, 11) is 0. The fraction of sp³-hybridized carbons (Fsp3) is 0.458. The van der Waals surface area contributed by atoms with Crippen LogP contribution in [0.15, 0.2) is 53.9 Å². The van der Waals surface area contributed by atoms with Gasteiger partial charge in [0.15, 0.2) is 22.5 Å².